The molecule has 0 saturated heterocycles. The van der Waals surface area contributed by atoms with Crippen molar-refractivity contribution in [3.05, 3.63) is 60.9 Å². The number of rotatable bonds is 4. The van der Waals surface area contributed by atoms with Crippen LogP contribution in [0.2, 0.25) is 0 Å². The van der Waals surface area contributed by atoms with Crippen molar-refractivity contribution in [3.63, 3.8) is 0 Å². The third-order valence-corrected chi connectivity index (χ3v) is 5.60. The third-order valence-electron chi connectivity index (χ3n) is 5.60. The van der Waals surface area contributed by atoms with Gasteiger partial charge in [-0.15, -0.1) is 0 Å². The first-order valence-electron chi connectivity index (χ1n) is 10.2. The summed E-state index contributed by atoms with van der Waals surface area (Å²) in [6.07, 6.45) is 8.23. The first-order chi connectivity index (χ1) is 15.0. The molecule has 9 heteroatoms. The van der Waals surface area contributed by atoms with Gasteiger partial charge in [-0.3, -0.25) is 9.25 Å². The van der Waals surface area contributed by atoms with Crippen LogP contribution in [0.25, 0.3) is 17.3 Å². The number of aromatic nitrogens is 6. The van der Waals surface area contributed by atoms with Crippen molar-refractivity contribution in [2.75, 3.05) is 23.4 Å². The van der Waals surface area contributed by atoms with E-state index in [0.29, 0.717) is 11.8 Å². The molecule has 1 aromatic carbocycles. The van der Waals surface area contributed by atoms with Crippen molar-refractivity contribution in [3.8, 4) is 17.3 Å². The molecule has 3 aromatic heterocycles. The zero-order chi connectivity index (χ0) is 21.5. The summed E-state index contributed by atoms with van der Waals surface area (Å²) in [5.41, 5.74) is 1.74. The lowest BCUT2D eigenvalue weighted by Crippen LogP contribution is -2.46. The second-order valence-corrected chi connectivity index (χ2v) is 7.67. The quantitative estimate of drug-likeness (QED) is 0.505. The lowest BCUT2D eigenvalue weighted by atomic mass is 10.1. The van der Waals surface area contributed by atoms with Crippen LogP contribution >= 0.6 is 0 Å². The van der Waals surface area contributed by atoms with Gasteiger partial charge in [0.25, 0.3) is 0 Å². The highest BCUT2D eigenvalue weighted by atomic mass is 19.1. The summed E-state index contributed by atoms with van der Waals surface area (Å²) in [6.45, 7) is 3.03. The van der Waals surface area contributed by atoms with Crippen LogP contribution < -0.4 is 9.80 Å². The van der Waals surface area contributed by atoms with Crippen molar-refractivity contribution in [1.82, 2.24) is 29.3 Å². The van der Waals surface area contributed by atoms with Gasteiger partial charge in [0.1, 0.15) is 11.6 Å². The van der Waals surface area contributed by atoms with Gasteiger partial charge in [-0.05, 0) is 30.7 Å². The van der Waals surface area contributed by atoms with Crippen LogP contribution in [-0.4, -0.2) is 48.9 Å². The van der Waals surface area contributed by atoms with E-state index in [0.717, 1.165) is 35.9 Å². The number of hydrogen-bond donors (Lipinski definition) is 0. The van der Waals surface area contributed by atoms with Gasteiger partial charge in [0, 0.05) is 50.9 Å². The Morgan fingerprint density at radius 1 is 1.06 bits per heavy atom. The van der Waals surface area contributed by atoms with E-state index in [2.05, 4.69) is 38.8 Å². The number of benzene rings is 1. The van der Waals surface area contributed by atoms with Gasteiger partial charge in [-0.1, -0.05) is 6.92 Å². The van der Waals surface area contributed by atoms with Gasteiger partial charge in [0.05, 0.1) is 17.9 Å². The standard InChI is InChI=1S/C22H23FN8/c1-4-17-14-28(2)18-13-25-22(26-21(18)31(17)19-9-11-29(3)27-19)30-12-10-24-20(30)15-5-7-16(23)8-6-15/h5-13,17H,4,14H2,1-3H3/t17-/m0/s1. The zero-order valence-corrected chi connectivity index (χ0v) is 17.6. The summed E-state index contributed by atoms with van der Waals surface area (Å²) in [5.74, 6) is 2.54. The maximum atomic E-state index is 13.4. The Kier molecular flexibility index (Phi) is 4.65. The summed E-state index contributed by atoms with van der Waals surface area (Å²) in [5, 5.41) is 4.63. The predicted octanol–water partition coefficient (Wildman–Crippen LogP) is 3.57. The van der Waals surface area contributed by atoms with E-state index in [4.69, 9.17) is 4.98 Å². The Bertz CT molecular complexity index is 1210. The summed E-state index contributed by atoms with van der Waals surface area (Å²) in [7, 11) is 3.97. The Hall–Kier alpha value is -3.75. The summed E-state index contributed by atoms with van der Waals surface area (Å²) < 4.78 is 17.0. The summed E-state index contributed by atoms with van der Waals surface area (Å²) in [4.78, 5) is 18.4. The largest absolute Gasteiger partial charge is 0.368 e. The molecule has 1 atom stereocenters. The van der Waals surface area contributed by atoms with Gasteiger partial charge in [-0.2, -0.15) is 10.1 Å². The highest BCUT2D eigenvalue weighted by Crippen LogP contribution is 2.38. The maximum absolute atomic E-state index is 13.4. The van der Waals surface area contributed by atoms with E-state index < -0.39 is 0 Å². The Balaban J connectivity index is 1.63. The molecule has 8 nitrogen and oxygen atoms in total. The molecule has 0 fully saturated rings. The van der Waals surface area contributed by atoms with E-state index in [1.807, 2.05) is 36.3 Å². The highest BCUT2D eigenvalue weighted by molar-refractivity contribution is 5.75. The zero-order valence-electron chi connectivity index (χ0n) is 17.6. The summed E-state index contributed by atoms with van der Waals surface area (Å²) in [6, 6.07) is 8.48. The minimum absolute atomic E-state index is 0.231. The van der Waals surface area contributed by atoms with Crippen molar-refractivity contribution in [2.45, 2.75) is 19.4 Å². The number of fused-ring (bicyclic) bond motifs is 1. The molecule has 4 aromatic rings. The molecule has 0 N–H and O–H groups in total. The van der Waals surface area contributed by atoms with Gasteiger partial charge in [-0.25, -0.2) is 14.4 Å². The lowest BCUT2D eigenvalue weighted by Gasteiger charge is -2.40. The Labute approximate surface area is 179 Å². The van der Waals surface area contributed by atoms with Crippen LogP contribution in [0.1, 0.15) is 13.3 Å². The molecule has 31 heavy (non-hydrogen) atoms. The number of halogens is 1. The number of aryl methyl sites for hydroxylation is 1. The average Bonchev–Trinajstić information content (AvgIpc) is 3.43. The molecule has 158 valence electrons. The first-order valence-corrected chi connectivity index (χ1v) is 10.2. The van der Waals surface area contributed by atoms with Crippen LogP contribution in [0.5, 0.6) is 0 Å². The lowest BCUT2D eigenvalue weighted by molar-refractivity contribution is 0.586. The van der Waals surface area contributed by atoms with Crippen LogP contribution in [0.15, 0.2) is 55.1 Å². The number of anilines is 3. The number of likely N-dealkylation sites (N-methyl/N-ethyl adjacent to an activating group) is 1. The molecule has 0 radical (unpaired) electrons. The fraction of sp³-hybridized carbons (Fsp3) is 0.273. The van der Waals surface area contributed by atoms with Crippen LogP contribution in [0.4, 0.5) is 21.7 Å². The third kappa shape index (κ3) is 3.31. The number of imidazole rings is 1. The Morgan fingerprint density at radius 3 is 2.58 bits per heavy atom. The second-order valence-electron chi connectivity index (χ2n) is 7.67. The number of nitrogens with zero attached hydrogens (tertiary/aromatic N) is 8. The molecule has 0 bridgehead atoms. The SMILES string of the molecule is CC[C@H]1CN(C)c2cnc(-n3ccnc3-c3ccc(F)cc3)nc2N1c1ccn(C)n1. The highest BCUT2D eigenvalue weighted by Gasteiger charge is 2.32. The molecular weight excluding hydrogens is 395 g/mol. The van der Waals surface area contributed by atoms with Crippen molar-refractivity contribution in [1.29, 1.82) is 0 Å². The molecular formula is C22H23FN8. The van der Waals surface area contributed by atoms with E-state index >= 15 is 0 Å². The molecule has 0 unspecified atom stereocenters. The molecule has 0 amide bonds. The van der Waals surface area contributed by atoms with Gasteiger partial charge < -0.3 is 9.80 Å². The topological polar surface area (TPSA) is 67.9 Å². The Morgan fingerprint density at radius 2 is 1.87 bits per heavy atom. The molecule has 0 aliphatic carbocycles. The van der Waals surface area contributed by atoms with Gasteiger partial charge in [0.2, 0.25) is 5.95 Å². The van der Waals surface area contributed by atoms with Gasteiger partial charge in [0.15, 0.2) is 11.6 Å². The fourth-order valence-corrected chi connectivity index (χ4v) is 4.01. The maximum Gasteiger partial charge on any atom is 0.237 e. The minimum atomic E-state index is -0.286. The molecule has 0 spiro atoms. The van der Waals surface area contributed by atoms with E-state index in [1.54, 1.807) is 23.0 Å². The van der Waals surface area contributed by atoms with Gasteiger partial charge >= 0.3 is 0 Å². The van der Waals surface area contributed by atoms with Crippen molar-refractivity contribution >= 4 is 17.3 Å². The van der Waals surface area contributed by atoms with Crippen LogP contribution in [-0.2, 0) is 7.05 Å². The van der Waals surface area contributed by atoms with E-state index in [1.165, 1.54) is 12.1 Å². The molecule has 4 heterocycles. The predicted molar refractivity (Wildman–Crippen MR) is 117 cm³/mol. The smallest absolute Gasteiger partial charge is 0.237 e. The second kappa shape index (κ2) is 7.50. The summed E-state index contributed by atoms with van der Waals surface area (Å²) >= 11 is 0. The van der Waals surface area contributed by atoms with Crippen LogP contribution in [0, 0.1) is 5.82 Å². The molecule has 1 aliphatic heterocycles. The fourth-order valence-electron chi connectivity index (χ4n) is 4.01. The van der Waals surface area contributed by atoms with Crippen LogP contribution in [0.3, 0.4) is 0 Å². The average molecular weight is 418 g/mol. The van der Waals surface area contributed by atoms with Crippen molar-refractivity contribution < 1.29 is 4.39 Å². The minimum Gasteiger partial charge on any atom is -0.368 e. The monoisotopic (exact) mass is 418 g/mol. The molecule has 5 rings (SSSR count). The number of hydrogen-bond acceptors (Lipinski definition) is 6. The molecule has 0 saturated carbocycles. The van der Waals surface area contributed by atoms with E-state index in [9.17, 15) is 4.39 Å². The van der Waals surface area contributed by atoms with Crippen molar-refractivity contribution in [2.24, 2.45) is 7.05 Å². The first kappa shape index (κ1) is 19.2. The molecule has 1 aliphatic rings. The van der Waals surface area contributed by atoms with E-state index in [-0.39, 0.29) is 11.9 Å². The normalized spacial score (nSPS) is 15.9.